The van der Waals surface area contributed by atoms with Gasteiger partial charge in [0.1, 0.15) is 0 Å². The van der Waals surface area contributed by atoms with E-state index in [0.717, 1.165) is 36.6 Å². The summed E-state index contributed by atoms with van der Waals surface area (Å²) in [5.74, 6) is 0. The first kappa shape index (κ1) is 15.3. The van der Waals surface area contributed by atoms with Crippen molar-refractivity contribution in [2.75, 3.05) is 27.2 Å². The van der Waals surface area contributed by atoms with Gasteiger partial charge in [-0.05, 0) is 40.8 Å². The predicted octanol–water partition coefficient (Wildman–Crippen LogP) is 2.25. The lowest BCUT2D eigenvalue weighted by molar-refractivity contribution is 0.138. The molecule has 0 aliphatic carbocycles. The van der Waals surface area contributed by atoms with E-state index in [9.17, 15) is 4.79 Å². The molecule has 0 aromatic carbocycles. The average molecular weight is 296 g/mol. The van der Waals surface area contributed by atoms with Gasteiger partial charge in [-0.2, -0.15) is 0 Å². The number of likely N-dealkylation sites (tertiary alicyclic amines) is 1. The highest BCUT2D eigenvalue weighted by Crippen LogP contribution is 2.18. The molecular weight excluding hydrogens is 272 g/mol. The van der Waals surface area contributed by atoms with E-state index < -0.39 is 0 Å². The zero-order valence-corrected chi connectivity index (χ0v) is 13.5. The summed E-state index contributed by atoms with van der Waals surface area (Å²) in [7, 11) is 4.15. The van der Waals surface area contributed by atoms with Gasteiger partial charge < -0.3 is 15.1 Å². The van der Waals surface area contributed by atoms with E-state index >= 15 is 0 Å². The summed E-state index contributed by atoms with van der Waals surface area (Å²) < 4.78 is 0. The van der Waals surface area contributed by atoms with Crippen LogP contribution in [-0.2, 0) is 0 Å². The second kappa shape index (κ2) is 6.54. The largest absolute Gasteiger partial charge is 0.330 e. The molecule has 1 saturated heterocycles. The lowest BCUT2D eigenvalue weighted by Crippen LogP contribution is -2.51. The van der Waals surface area contributed by atoms with Crippen molar-refractivity contribution in [3.8, 4) is 0 Å². The third kappa shape index (κ3) is 3.70. The minimum absolute atomic E-state index is 0.0229. The van der Waals surface area contributed by atoms with Crippen LogP contribution in [0.5, 0.6) is 0 Å². The molecule has 2 amide bonds. The molecule has 112 valence electrons. The standard InChI is InChI=1S/C14H24N4OS/c1-10(13-9-20-11(2)16-13)15-14(19)18-7-5-6-12(8-18)17(3)4/h9-10,12H,5-8H2,1-4H3,(H,15,19)/t10-,12+/m0/s1. The van der Waals surface area contributed by atoms with Crippen molar-refractivity contribution in [2.24, 2.45) is 0 Å². The van der Waals surface area contributed by atoms with E-state index in [1.54, 1.807) is 11.3 Å². The van der Waals surface area contributed by atoms with Crippen molar-refractivity contribution in [3.05, 3.63) is 16.1 Å². The van der Waals surface area contributed by atoms with Gasteiger partial charge in [-0.25, -0.2) is 9.78 Å². The molecule has 0 radical (unpaired) electrons. The Morgan fingerprint density at radius 2 is 2.35 bits per heavy atom. The number of aryl methyl sites for hydroxylation is 1. The number of rotatable bonds is 3. The first-order chi connectivity index (χ1) is 9.47. The Hall–Kier alpha value is -1.14. The Labute approximate surface area is 125 Å². The summed E-state index contributed by atoms with van der Waals surface area (Å²) in [6.45, 7) is 5.62. The Morgan fingerprint density at radius 3 is 2.95 bits per heavy atom. The predicted molar refractivity (Wildman–Crippen MR) is 82.1 cm³/mol. The van der Waals surface area contributed by atoms with Crippen LogP contribution < -0.4 is 5.32 Å². The van der Waals surface area contributed by atoms with E-state index in [2.05, 4.69) is 29.3 Å². The Kier molecular flexibility index (Phi) is 4.99. The second-order valence-corrected chi connectivity index (χ2v) is 6.73. The first-order valence-electron chi connectivity index (χ1n) is 7.11. The summed E-state index contributed by atoms with van der Waals surface area (Å²) in [6.07, 6.45) is 2.23. The van der Waals surface area contributed by atoms with Crippen LogP contribution in [0.3, 0.4) is 0 Å². The van der Waals surface area contributed by atoms with Gasteiger partial charge in [0.25, 0.3) is 0 Å². The average Bonchev–Trinajstić information content (AvgIpc) is 2.85. The fourth-order valence-electron chi connectivity index (χ4n) is 2.49. The number of aromatic nitrogens is 1. The van der Waals surface area contributed by atoms with E-state index in [4.69, 9.17) is 0 Å². The van der Waals surface area contributed by atoms with Gasteiger partial charge in [0.2, 0.25) is 0 Å². The van der Waals surface area contributed by atoms with Gasteiger partial charge in [0, 0.05) is 24.5 Å². The minimum atomic E-state index is -0.0350. The normalized spacial score (nSPS) is 21.1. The molecule has 0 saturated carbocycles. The molecular formula is C14H24N4OS. The highest BCUT2D eigenvalue weighted by molar-refractivity contribution is 7.09. The zero-order valence-electron chi connectivity index (χ0n) is 12.7. The molecule has 0 spiro atoms. The summed E-state index contributed by atoms with van der Waals surface area (Å²) in [5, 5.41) is 6.10. The molecule has 1 aromatic heterocycles. The van der Waals surface area contributed by atoms with Gasteiger partial charge >= 0.3 is 6.03 Å². The second-order valence-electron chi connectivity index (χ2n) is 5.67. The number of thiazole rings is 1. The third-order valence-corrected chi connectivity index (χ3v) is 4.63. The maximum absolute atomic E-state index is 12.3. The smallest absolute Gasteiger partial charge is 0.317 e. The van der Waals surface area contributed by atoms with E-state index in [0.29, 0.717) is 6.04 Å². The molecule has 6 heteroatoms. The van der Waals surface area contributed by atoms with Crippen molar-refractivity contribution in [2.45, 2.75) is 38.8 Å². The van der Waals surface area contributed by atoms with E-state index in [1.807, 2.05) is 24.1 Å². The lowest BCUT2D eigenvalue weighted by atomic mass is 10.1. The van der Waals surface area contributed by atoms with Crippen LogP contribution in [0.1, 0.15) is 36.5 Å². The summed E-state index contributed by atoms with van der Waals surface area (Å²) in [6, 6.07) is 0.452. The molecule has 1 N–H and O–H groups in total. The zero-order chi connectivity index (χ0) is 14.7. The van der Waals surface area contributed by atoms with Crippen molar-refractivity contribution < 1.29 is 4.79 Å². The molecule has 1 aliphatic rings. The molecule has 2 rings (SSSR count). The molecule has 2 heterocycles. The molecule has 0 bridgehead atoms. The molecule has 20 heavy (non-hydrogen) atoms. The molecule has 1 fully saturated rings. The number of carbonyl (C=O) groups is 1. The number of nitrogens with one attached hydrogen (secondary N) is 1. The first-order valence-corrected chi connectivity index (χ1v) is 7.99. The SMILES string of the molecule is Cc1nc([C@H](C)NC(=O)N2CCC[C@@H](N(C)C)C2)cs1. The maximum Gasteiger partial charge on any atom is 0.317 e. The van der Waals surface area contributed by atoms with E-state index in [-0.39, 0.29) is 12.1 Å². The van der Waals surface area contributed by atoms with Gasteiger partial charge in [-0.1, -0.05) is 0 Å². The Bertz CT molecular complexity index is 460. The van der Waals surface area contributed by atoms with E-state index in [1.165, 1.54) is 0 Å². The van der Waals surface area contributed by atoms with Crippen LogP contribution in [0.2, 0.25) is 0 Å². The van der Waals surface area contributed by atoms with Crippen LogP contribution in [0.25, 0.3) is 0 Å². The number of likely N-dealkylation sites (N-methyl/N-ethyl adjacent to an activating group) is 1. The number of nitrogens with zero attached hydrogens (tertiary/aromatic N) is 3. The minimum Gasteiger partial charge on any atom is -0.330 e. The Morgan fingerprint density at radius 1 is 1.60 bits per heavy atom. The number of hydrogen-bond acceptors (Lipinski definition) is 4. The Balaban J connectivity index is 1.91. The molecule has 0 unspecified atom stereocenters. The van der Waals surface area contributed by atoms with Crippen LogP contribution in [0, 0.1) is 6.92 Å². The van der Waals surface area contributed by atoms with Gasteiger partial charge in [-0.15, -0.1) is 11.3 Å². The number of urea groups is 1. The maximum atomic E-state index is 12.3. The number of piperidine rings is 1. The van der Waals surface area contributed by atoms with Crippen molar-refractivity contribution in [3.63, 3.8) is 0 Å². The van der Waals surface area contributed by atoms with Crippen molar-refractivity contribution in [1.82, 2.24) is 20.1 Å². The third-order valence-electron chi connectivity index (χ3n) is 3.83. The van der Waals surface area contributed by atoms with Crippen LogP contribution in [-0.4, -0.2) is 54.0 Å². The van der Waals surface area contributed by atoms with Crippen LogP contribution in [0.15, 0.2) is 5.38 Å². The van der Waals surface area contributed by atoms with Crippen LogP contribution >= 0.6 is 11.3 Å². The number of hydrogen-bond donors (Lipinski definition) is 1. The highest BCUT2D eigenvalue weighted by Gasteiger charge is 2.25. The number of carbonyl (C=O) groups excluding carboxylic acids is 1. The fraction of sp³-hybridized carbons (Fsp3) is 0.714. The van der Waals surface area contributed by atoms with Gasteiger partial charge in [0.05, 0.1) is 16.7 Å². The van der Waals surface area contributed by atoms with Gasteiger partial charge in [-0.3, -0.25) is 0 Å². The fourth-order valence-corrected chi connectivity index (χ4v) is 3.20. The monoisotopic (exact) mass is 296 g/mol. The molecule has 5 nitrogen and oxygen atoms in total. The van der Waals surface area contributed by atoms with Gasteiger partial charge in [0.15, 0.2) is 0 Å². The lowest BCUT2D eigenvalue weighted by Gasteiger charge is -2.36. The summed E-state index contributed by atoms with van der Waals surface area (Å²) in [4.78, 5) is 20.9. The van der Waals surface area contributed by atoms with Crippen LogP contribution in [0.4, 0.5) is 4.79 Å². The van der Waals surface area contributed by atoms with Crippen molar-refractivity contribution >= 4 is 17.4 Å². The molecule has 1 aromatic rings. The molecule has 1 aliphatic heterocycles. The quantitative estimate of drug-likeness (QED) is 0.930. The topological polar surface area (TPSA) is 48.5 Å². The highest BCUT2D eigenvalue weighted by atomic mass is 32.1. The summed E-state index contributed by atoms with van der Waals surface area (Å²) >= 11 is 1.62. The molecule has 2 atom stereocenters. The van der Waals surface area contributed by atoms with Crippen molar-refractivity contribution in [1.29, 1.82) is 0 Å². The summed E-state index contributed by atoms with van der Waals surface area (Å²) in [5.41, 5.74) is 0.946. The number of amides is 2.